The summed E-state index contributed by atoms with van der Waals surface area (Å²) in [5.41, 5.74) is -0.00198. The maximum absolute atomic E-state index is 10.6. The summed E-state index contributed by atoms with van der Waals surface area (Å²) in [6, 6.07) is 9.96. The van der Waals surface area contributed by atoms with Crippen LogP contribution in [0.1, 0.15) is 23.6 Å². The van der Waals surface area contributed by atoms with Crippen molar-refractivity contribution in [3.63, 3.8) is 0 Å². The van der Waals surface area contributed by atoms with Crippen molar-refractivity contribution in [3.8, 4) is 5.75 Å². The fourth-order valence-corrected chi connectivity index (χ4v) is 3.21. The van der Waals surface area contributed by atoms with Gasteiger partial charge in [0.15, 0.2) is 5.96 Å². The first kappa shape index (κ1) is 21.6. The molecule has 0 saturated heterocycles. The van der Waals surface area contributed by atoms with Crippen LogP contribution in [0.4, 0.5) is 5.69 Å². The number of nitrogens with one attached hydrogen (secondary N) is 2. The third kappa shape index (κ3) is 7.16. The standard InChI is InChI=1S/C19H26N4O4S/c1-3-17-9-10-18(28-17)12-22-19(20-4-2)21-11-15(24)13-27-16-7-5-14(6-8-16)23(25)26/h5-10,15,24H,3-4,11-13H2,1-2H3,(H2,20,21,22). The Morgan fingerprint density at radius 2 is 1.93 bits per heavy atom. The minimum atomic E-state index is -0.757. The Bertz CT molecular complexity index is 776. The second-order valence-corrected chi connectivity index (χ2v) is 7.27. The Morgan fingerprint density at radius 1 is 1.21 bits per heavy atom. The van der Waals surface area contributed by atoms with E-state index in [2.05, 4.69) is 34.7 Å². The molecule has 0 aliphatic rings. The molecule has 0 radical (unpaired) electrons. The molecule has 1 aromatic heterocycles. The number of aryl methyl sites for hydroxylation is 1. The highest BCUT2D eigenvalue weighted by molar-refractivity contribution is 7.11. The molecule has 9 heteroatoms. The zero-order valence-electron chi connectivity index (χ0n) is 16.1. The summed E-state index contributed by atoms with van der Waals surface area (Å²) in [4.78, 5) is 17.2. The summed E-state index contributed by atoms with van der Waals surface area (Å²) in [5, 5.41) is 27.0. The van der Waals surface area contributed by atoms with Gasteiger partial charge in [0.2, 0.25) is 0 Å². The number of aliphatic hydroxyl groups is 1. The summed E-state index contributed by atoms with van der Waals surface area (Å²) in [7, 11) is 0. The van der Waals surface area contributed by atoms with E-state index < -0.39 is 11.0 Å². The molecule has 28 heavy (non-hydrogen) atoms. The van der Waals surface area contributed by atoms with Gasteiger partial charge in [-0.2, -0.15) is 0 Å². The van der Waals surface area contributed by atoms with Gasteiger partial charge in [-0.3, -0.25) is 10.1 Å². The van der Waals surface area contributed by atoms with E-state index in [-0.39, 0.29) is 18.8 Å². The molecule has 8 nitrogen and oxygen atoms in total. The van der Waals surface area contributed by atoms with Gasteiger partial charge in [-0.1, -0.05) is 6.92 Å². The van der Waals surface area contributed by atoms with E-state index in [9.17, 15) is 15.2 Å². The normalized spacial score (nSPS) is 12.5. The quantitative estimate of drug-likeness (QED) is 0.242. The minimum absolute atomic E-state index is 0.00198. The average Bonchev–Trinajstić information content (AvgIpc) is 3.17. The maximum atomic E-state index is 10.6. The predicted octanol–water partition coefficient (Wildman–Crippen LogP) is 2.71. The number of aliphatic hydroxyl groups excluding tert-OH is 1. The highest BCUT2D eigenvalue weighted by atomic mass is 32.1. The van der Waals surface area contributed by atoms with E-state index in [1.807, 2.05) is 6.92 Å². The van der Waals surface area contributed by atoms with Crippen molar-refractivity contribution < 1.29 is 14.8 Å². The van der Waals surface area contributed by atoms with Gasteiger partial charge in [0.25, 0.3) is 5.69 Å². The molecule has 1 aromatic carbocycles. The van der Waals surface area contributed by atoms with Crippen molar-refractivity contribution in [3.05, 3.63) is 56.3 Å². The van der Waals surface area contributed by atoms with Crippen LogP contribution in [-0.4, -0.2) is 41.8 Å². The third-order valence-corrected chi connectivity index (χ3v) is 5.01. The number of nitrogens with zero attached hydrogens (tertiary/aromatic N) is 2. The molecule has 0 fully saturated rings. The summed E-state index contributed by atoms with van der Waals surface area (Å²) >= 11 is 1.75. The van der Waals surface area contributed by atoms with Gasteiger partial charge in [-0.25, -0.2) is 4.99 Å². The molecule has 0 aliphatic heterocycles. The molecule has 0 amide bonds. The fourth-order valence-electron chi connectivity index (χ4n) is 2.33. The van der Waals surface area contributed by atoms with Crippen LogP contribution in [0.25, 0.3) is 0 Å². The molecule has 2 aromatic rings. The van der Waals surface area contributed by atoms with E-state index in [0.717, 1.165) is 6.42 Å². The van der Waals surface area contributed by atoms with Crippen LogP contribution in [0.15, 0.2) is 41.4 Å². The number of benzene rings is 1. The predicted molar refractivity (Wildman–Crippen MR) is 111 cm³/mol. The van der Waals surface area contributed by atoms with Crippen molar-refractivity contribution in [1.82, 2.24) is 10.6 Å². The van der Waals surface area contributed by atoms with Gasteiger partial charge >= 0.3 is 0 Å². The number of non-ortho nitro benzene ring substituents is 1. The average molecular weight is 407 g/mol. The number of guanidine groups is 1. The van der Waals surface area contributed by atoms with Gasteiger partial charge in [0.05, 0.1) is 11.5 Å². The SMILES string of the molecule is CCNC(=NCc1ccc(CC)s1)NCC(O)COc1ccc([N+](=O)[O-])cc1. The summed E-state index contributed by atoms with van der Waals surface area (Å²) in [5.74, 6) is 1.10. The molecule has 0 aliphatic carbocycles. The van der Waals surface area contributed by atoms with Crippen LogP contribution in [0.3, 0.4) is 0 Å². The van der Waals surface area contributed by atoms with Gasteiger partial charge in [-0.05, 0) is 37.6 Å². The van der Waals surface area contributed by atoms with Crippen molar-refractivity contribution >= 4 is 23.0 Å². The van der Waals surface area contributed by atoms with Crippen LogP contribution in [0, 0.1) is 10.1 Å². The Labute approximate surface area is 168 Å². The second kappa shape index (κ2) is 11.3. The lowest BCUT2D eigenvalue weighted by Gasteiger charge is -2.16. The number of aliphatic imine (C=N–C) groups is 1. The Balaban J connectivity index is 1.79. The summed E-state index contributed by atoms with van der Waals surface area (Å²) < 4.78 is 5.47. The van der Waals surface area contributed by atoms with Gasteiger partial charge in [-0.15, -0.1) is 11.3 Å². The number of ether oxygens (including phenoxy) is 1. The molecule has 0 spiro atoms. The molecule has 152 valence electrons. The molecule has 1 unspecified atom stereocenters. The van der Waals surface area contributed by atoms with E-state index in [1.165, 1.54) is 34.0 Å². The number of hydrogen-bond donors (Lipinski definition) is 3. The first-order valence-electron chi connectivity index (χ1n) is 9.16. The van der Waals surface area contributed by atoms with Crippen molar-refractivity contribution in [2.24, 2.45) is 4.99 Å². The van der Waals surface area contributed by atoms with Gasteiger partial charge in [0.1, 0.15) is 18.5 Å². The molecule has 2 rings (SSSR count). The Morgan fingerprint density at radius 3 is 2.54 bits per heavy atom. The lowest BCUT2D eigenvalue weighted by molar-refractivity contribution is -0.384. The lowest BCUT2D eigenvalue weighted by atomic mass is 10.3. The molecule has 3 N–H and O–H groups in total. The third-order valence-electron chi connectivity index (χ3n) is 3.80. The van der Waals surface area contributed by atoms with Crippen LogP contribution < -0.4 is 15.4 Å². The zero-order valence-corrected chi connectivity index (χ0v) is 16.9. The van der Waals surface area contributed by atoms with E-state index in [0.29, 0.717) is 24.8 Å². The number of rotatable bonds is 10. The van der Waals surface area contributed by atoms with Crippen LogP contribution in [0.5, 0.6) is 5.75 Å². The summed E-state index contributed by atoms with van der Waals surface area (Å²) in [6.45, 7) is 5.73. The number of thiophene rings is 1. The molecular weight excluding hydrogens is 380 g/mol. The maximum Gasteiger partial charge on any atom is 0.269 e. The monoisotopic (exact) mass is 406 g/mol. The smallest absolute Gasteiger partial charge is 0.269 e. The van der Waals surface area contributed by atoms with E-state index in [1.54, 1.807) is 11.3 Å². The second-order valence-electron chi connectivity index (χ2n) is 6.01. The Kier molecular flexibility index (Phi) is 8.70. The lowest BCUT2D eigenvalue weighted by Crippen LogP contribution is -2.42. The van der Waals surface area contributed by atoms with Gasteiger partial charge in [0, 0.05) is 35.0 Å². The minimum Gasteiger partial charge on any atom is -0.491 e. The van der Waals surface area contributed by atoms with E-state index in [4.69, 9.17) is 4.74 Å². The van der Waals surface area contributed by atoms with Crippen LogP contribution >= 0.6 is 11.3 Å². The number of nitro groups is 1. The van der Waals surface area contributed by atoms with Crippen molar-refractivity contribution in [2.45, 2.75) is 32.9 Å². The Hall–Kier alpha value is -2.65. The highest BCUT2D eigenvalue weighted by Gasteiger charge is 2.09. The molecule has 1 heterocycles. The van der Waals surface area contributed by atoms with Gasteiger partial charge < -0.3 is 20.5 Å². The number of hydrogen-bond acceptors (Lipinski definition) is 6. The van der Waals surface area contributed by atoms with E-state index >= 15 is 0 Å². The first-order valence-corrected chi connectivity index (χ1v) is 9.98. The van der Waals surface area contributed by atoms with Crippen molar-refractivity contribution in [2.75, 3.05) is 19.7 Å². The van der Waals surface area contributed by atoms with Crippen molar-refractivity contribution in [1.29, 1.82) is 0 Å². The zero-order chi connectivity index (χ0) is 20.4. The largest absolute Gasteiger partial charge is 0.491 e. The summed E-state index contributed by atoms with van der Waals surface area (Å²) in [6.07, 6.45) is 0.265. The topological polar surface area (TPSA) is 109 Å². The van der Waals surface area contributed by atoms with Crippen LogP contribution in [-0.2, 0) is 13.0 Å². The number of nitro benzene ring substituents is 1. The molecule has 0 saturated carbocycles. The van der Waals surface area contributed by atoms with Crippen LogP contribution in [0.2, 0.25) is 0 Å². The molecule has 1 atom stereocenters. The highest BCUT2D eigenvalue weighted by Crippen LogP contribution is 2.18. The molecular formula is C19H26N4O4S. The fraction of sp³-hybridized carbons (Fsp3) is 0.421. The molecule has 0 bridgehead atoms. The first-order chi connectivity index (χ1) is 13.5.